The second-order valence-electron chi connectivity index (χ2n) is 8.58. The van der Waals surface area contributed by atoms with Crippen molar-refractivity contribution in [2.24, 2.45) is 0 Å². The van der Waals surface area contributed by atoms with Gasteiger partial charge in [0.2, 0.25) is 0 Å². The average Bonchev–Trinajstić information content (AvgIpc) is 3.39. The molecule has 0 amide bonds. The fraction of sp³-hybridized carbons (Fsp3) is 0.148. The van der Waals surface area contributed by atoms with E-state index in [0.717, 1.165) is 33.9 Å². The first-order valence-electron chi connectivity index (χ1n) is 11.2. The summed E-state index contributed by atoms with van der Waals surface area (Å²) in [6.45, 7) is 5.66. The molecule has 0 aliphatic rings. The second-order valence-corrected chi connectivity index (χ2v) is 11.0. The van der Waals surface area contributed by atoms with Gasteiger partial charge >= 0.3 is 0 Å². The van der Waals surface area contributed by atoms with Gasteiger partial charge in [-0.25, -0.2) is 23.4 Å². The van der Waals surface area contributed by atoms with Crippen LogP contribution < -0.4 is 0 Å². The summed E-state index contributed by atoms with van der Waals surface area (Å²) >= 11 is 6.43. The van der Waals surface area contributed by atoms with Gasteiger partial charge in [-0.1, -0.05) is 29.8 Å². The topological polar surface area (TPSA) is 90.9 Å². The molecule has 0 saturated heterocycles. The Kier molecular flexibility index (Phi) is 6.02. The van der Waals surface area contributed by atoms with Crippen molar-refractivity contribution in [2.75, 3.05) is 6.26 Å². The number of oxazole rings is 1. The Labute approximate surface area is 214 Å². The van der Waals surface area contributed by atoms with Crippen molar-refractivity contribution < 1.29 is 12.8 Å². The second kappa shape index (κ2) is 9.04. The van der Waals surface area contributed by atoms with E-state index in [9.17, 15) is 8.42 Å². The number of imidazole rings is 1. The third-order valence-corrected chi connectivity index (χ3v) is 7.26. The van der Waals surface area contributed by atoms with Gasteiger partial charge in [-0.15, -0.1) is 0 Å². The summed E-state index contributed by atoms with van der Waals surface area (Å²) in [6.07, 6.45) is 4.78. The fourth-order valence-corrected chi connectivity index (χ4v) is 5.10. The van der Waals surface area contributed by atoms with Crippen LogP contribution in [0.5, 0.6) is 0 Å². The summed E-state index contributed by atoms with van der Waals surface area (Å²) in [6, 6.07) is 16.4. The highest BCUT2D eigenvalue weighted by molar-refractivity contribution is 7.90. The van der Waals surface area contributed by atoms with Crippen LogP contribution in [0.1, 0.15) is 17.4 Å². The maximum atomic E-state index is 12.2. The van der Waals surface area contributed by atoms with Crippen molar-refractivity contribution in [2.45, 2.75) is 25.7 Å². The van der Waals surface area contributed by atoms with Gasteiger partial charge in [0.1, 0.15) is 16.7 Å². The average molecular weight is 519 g/mol. The van der Waals surface area contributed by atoms with Gasteiger partial charge in [0.25, 0.3) is 0 Å². The summed E-state index contributed by atoms with van der Waals surface area (Å²) in [4.78, 5) is 13.7. The fourth-order valence-electron chi connectivity index (χ4n) is 4.23. The minimum atomic E-state index is -3.36. The zero-order valence-electron chi connectivity index (χ0n) is 20.2. The van der Waals surface area contributed by atoms with E-state index in [1.807, 2.05) is 54.9 Å². The van der Waals surface area contributed by atoms with Gasteiger partial charge in [0, 0.05) is 31.1 Å². The van der Waals surface area contributed by atoms with E-state index in [1.165, 1.54) is 6.26 Å². The zero-order chi connectivity index (χ0) is 25.6. The molecular weight excluding hydrogens is 496 g/mol. The van der Waals surface area contributed by atoms with Gasteiger partial charge < -0.3 is 8.98 Å². The molecule has 3 heterocycles. The Balaban J connectivity index is 1.79. The first-order chi connectivity index (χ1) is 17.1. The monoisotopic (exact) mass is 518 g/mol. The first-order valence-corrected chi connectivity index (χ1v) is 13.4. The van der Waals surface area contributed by atoms with Gasteiger partial charge in [-0.05, 0) is 61.4 Å². The zero-order valence-corrected chi connectivity index (χ0v) is 21.7. The molecule has 5 rings (SSSR count). The lowest BCUT2D eigenvalue weighted by Gasteiger charge is -2.14. The molecule has 5 aromatic rings. The third-order valence-electron chi connectivity index (χ3n) is 5.85. The lowest BCUT2D eigenvalue weighted by Crippen LogP contribution is -2.00. The molecule has 3 aromatic heterocycles. The highest BCUT2D eigenvalue weighted by Crippen LogP contribution is 2.40. The lowest BCUT2D eigenvalue weighted by atomic mass is 9.98. The van der Waals surface area contributed by atoms with E-state index >= 15 is 0 Å². The summed E-state index contributed by atoms with van der Waals surface area (Å²) in [7, 11) is -3.36. The number of pyridine rings is 1. The number of nitrogens with zero attached hydrogens (tertiary/aromatic N) is 4. The van der Waals surface area contributed by atoms with Crippen LogP contribution in [0.25, 0.3) is 39.4 Å². The summed E-state index contributed by atoms with van der Waals surface area (Å²) < 4.78 is 32.4. The Hall–Kier alpha value is -3.75. The van der Waals surface area contributed by atoms with Gasteiger partial charge in [0.05, 0.1) is 21.8 Å². The van der Waals surface area contributed by atoms with Crippen LogP contribution in [0.2, 0.25) is 5.15 Å². The molecule has 0 fully saturated rings. The number of rotatable bonds is 5. The maximum absolute atomic E-state index is 12.2. The standard InChI is InChI=1S/C27H23ClN4O3S/c1-16-15-32(17(2)30-16)24-11-10-20(19-7-5-8-21(13-19)36(4,33)34)14-23(24)25-26(35-18(3)31-25)22-9-6-12-29-27(22)28/h5-15H,1-4H3. The predicted octanol–water partition coefficient (Wildman–Crippen LogP) is 6.24. The molecule has 0 bridgehead atoms. The van der Waals surface area contributed by atoms with Crippen LogP contribution in [0.15, 0.2) is 76.3 Å². The normalized spacial score (nSPS) is 11.7. The quantitative estimate of drug-likeness (QED) is 0.256. The van der Waals surface area contributed by atoms with Crippen molar-refractivity contribution >= 4 is 21.4 Å². The van der Waals surface area contributed by atoms with E-state index in [4.69, 9.17) is 21.0 Å². The molecule has 0 atom stereocenters. The molecule has 0 unspecified atom stereocenters. The highest BCUT2D eigenvalue weighted by atomic mass is 35.5. The Morgan fingerprint density at radius 2 is 1.69 bits per heavy atom. The molecule has 0 radical (unpaired) electrons. The third kappa shape index (κ3) is 4.45. The van der Waals surface area contributed by atoms with Crippen LogP contribution in [0.3, 0.4) is 0 Å². The number of hydrogen-bond acceptors (Lipinski definition) is 6. The molecular formula is C27H23ClN4O3S. The SMILES string of the molecule is Cc1cn(-c2ccc(-c3cccc(S(C)(=O)=O)c3)cc2-c2nc(C)oc2-c2cccnc2Cl)c(C)n1. The number of aromatic nitrogens is 4. The van der Waals surface area contributed by atoms with E-state index in [2.05, 4.69) is 9.97 Å². The van der Waals surface area contributed by atoms with E-state index < -0.39 is 9.84 Å². The number of sulfone groups is 1. The smallest absolute Gasteiger partial charge is 0.192 e. The molecule has 36 heavy (non-hydrogen) atoms. The summed E-state index contributed by atoms with van der Waals surface area (Å²) in [5.74, 6) is 1.80. The molecule has 0 N–H and O–H groups in total. The van der Waals surface area contributed by atoms with Crippen molar-refractivity contribution in [3.8, 4) is 39.4 Å². The maximum Gasteiger partial charge on any atom is 0.192 e. The lowest BCUT2D eigenvalue weighted by molar-refractivity contribution is 0.534. The number of hydrogen-bond donors (Lipinski definition) is 0. The van der Waals surface area contributed by atoms with E-state index in [1.54, 1.807) is 37.4 Å². The summed E-state index contributed by atoms with van der Waals surface area (Å²) in [5, 5.41) is 0.308. The molecule has 0 aliphatic carbocycles. The first kappa shape index (κ1) is 24.0. The van der Waals surface area contributed by atoms with Gasteiger partial charge in [-0.2, -0.15) is 0 Å². The molecule has 0 aliphatic heterocycles. The highest BCUT2D eigenvalue weighted by Gasteiger charge is 2.22. The van der Waals surface area contributed by atoms with Crippen LogP contribution in [-0.2, 0) is 9.84 Å². The van der Waals surface area contributed by atoms with Crippen molar-refractivity contribution in [1.82, 2.24) is 19.5 Å². The number of aryl methyl sites for hydroxylation is 3. The minimum absolute atomic E-state index is 0.256. The Morgan fingerprint density at radius 1 is 0.917 bits per heavy atom. The van der Waals surface area contributed by atoms with Crippen molar-refractivity contribution in [3.05, 3.63) is 89.6 Å². The van der Waals surface area contributed by atoms with Crippen LogP contribution >= 0.6 is 11.6 Å². The van der Waals surface area contributed by atoms with Crippen molar-refractivity contribution in [3.63, 3.8) is 0 Å². The van der Waals surface area contributed by atoms with Crippen molar-refractivity contribution in [1.29, 1.82) is 0 Å². The largest absolute Gasteiger partial charge is 0.440 e. The Morgan fingerprint density at radius 3 is 2.39 bits per heavy atom. The van der Waals surface area contributed by atoms with Crippen LogP contribution in [0, 0.1) is 20.8 Å². The van der Waals surface area contributed by atoms with Gasteiger partial charge in [-0.3, -0.25) is 0 Å². The minimum Gasteiger partial charge on any atom is -0.440 e. The van der Waals surface area contributed by atoms with E-state index in [-0.39, 0.29) is 4.90 Å². The Bertz CT molecular complexity index is 1720. The molecule has 9 heteroatoms. The molecule has 2 aromatic carbocycles. The molecule has 0 saturated carbocycles. The van der Waals surface area contributed by atoms with Gasteiger partial charge in [0.15, 0.2) is 21.5 Å². The van der Waals surface area contributed by atoms with E-state index in [0.29, 0.717) is 28.1 Å². The molecule has 0 spiro atoms. The van der Waals surface area contributed by atoms with Crippen LogP contribution in [-0.4, -0.2) is 34.2 Å². The van der Waals surface area contributed by atoms with Crippen LogP contribution in [0.4, 0.5) is 0 Å². The molecule has 182 valence electrons. The summed E-state index contributed by atoms with van der Waals surface area (Å²) in [5.41, 5.74) is 5.35. The number of benzene rings is 2. The predicted molar refractivity (Wildman–Crippen MR) is 140 cm³/mol. The number of halogens is 1. The molecule has 7 nitrogen and oxygen atoms in total.